The Balaban J connectivity index is 2.04. The highest BCUT2D eigenvalue weighted by molar-refractivity contribution is 9.10. The number of hydrogen-bond acceptors (Lipinski definition) is 4. The summed E-state index contributed by atoms with van der Waals surface area (Å²) < 4.78 is 3.06. The minimum atomic E-state index is 0.0893. The van der Waals surface area contributed by atoms with Crippen molar-refractivity contribution in [3.05, 3.63) is 46.7 Å². The Morgan fingerprint density at radius 2 is 2.32 bits per heavy atom. The SMILES string of the molecule is CCn1nccc1C(CSc1cccc(Br)c1)NN. The number of nitrogens with two attached hydrogens (primary N) is 1. The third kappa shape index (κ3) is 3.82. The van der Waals surface area contributed by atoms with Crippen molar-refractivity contribution >= 4 is 27.7 Å². The van der Waals surface area contributed by atoms with Crippen molar-refractivity contribution in [2.24, 2.45) is 5.84 Å². The van der Waals surface area contributed by atoms with Gasteiger partial charge in [0.2, 0.25) is 0 Å². The zero-order valence-corrected chi connectivity index (χ0v) is 13.1. The molecule has 1 heterocycles. The summed E-state index contributed by atoms with van der Waals surface area (Å²) in [5.41, 5.74) is 3.99. The predicted octanol–water partition coefficient (Wildman–Crippen LogP) is 2.96. The standard InChI is InChI=1S/C13H17BrN4S/c1-2-18-13(6-7-16-18)12(17-15)9-19-11-5-3-4-10(14)8-11/h3-8,12,17H,2,9,15H2,1H3. The first-order valence-corrected chi connectivity index (χ1v) is 7.88. The van der Waals surface area contributed by atoms with E-state index < -0.39 is 0 Å². The molecular formula is C13H17BrN4S. The molecule has 102 valence electrons. The van der Waals surface area contributed by atoms with Crippen LogP contribution in [0.25, 0.3) is 0 Å². The Morgan fingerprint density at radius 1 is 1.47 bits per heavy atom. The molecule has 0 amide bonds. The molecule has 3 N–H and O–H groups in total. The number of halogens is 1. The maximum atomic E-state index is 5.67. The van der Waals surface area contributed by atoms with Gasteiger partial charge in [-0.25, -0.2) is 0 Å². The van der Waals surface area contributed by atoms with Crippen LogP contribution in [0.5, 0.6) is 0 Å². The molecule has 19 heavy (non-hydrogen) atoms. The van der Waals surface area contributed by atoms with Gasteiger partial charge in [0.1, 0.15) is 0 Å². The quantitative estimate of drug-likeness (QED) is 0.482. The van der Waals surface area contributed by atoms with Crippen molar-refractivity contribution in [1.29, 1.82) is 0 Å². The number of thioether (sulfide) groups is 1. The van der Waals surface area contributed by atoms with Crippen molar-refractivity contribution in [3.8, 4) is 0 Å². The second-order valence-electron chi connectivity index (χ2n) is 4.06. The first-order valence-electron chi connectivity index (χ1n) is 6.10. The molecule has 6 heteroatoms. The third-order valence-electron chi connectivity index (χ3n) is 2.82. The van der Waals surface area contributed by atoms with E-state index >= 15 is 0 Å². The number of nitrogens with one attached hydrogen (secondary N) is 1. The minimum Gasteiger partial charge on any atom is -0.271 e. The van der Waals surface area contributed by atoms with Crippen LogP contribution in [0.1, 0.15) is 18.7 Å². The highest BCUT2D eigenvalue weighted by Crippen LogP contribution is 2.26. The van der Waals surface area contributed by atoms with E-state index in [0.29, 0.717) is 0 Å². The van der Waals surface area contributed by atoms with Crippen LogP contribution in [0.2, 0.25) is 0 Å². The van der Waals surface area contributed by atoms with Gasteiger partial charge in [0, 0.05) is 27.9 Å². The molecule has 0 aliphatic rings. The smallest absolute Gasteiger partial charge is 0.0722 e. The van der Waals surface area contributed by atoms with Gasteiger partial charge in [-0.2, -0.15) is 5.10 Å². The molecule has 0 aliphatic carbocycles. The topological polar surface area (TPSA) is 55.9 Å². The predicted molar refractivity (Wildman–Crippen MR) is 82.8 cm³/mol. The molecule has 0 radical (unpaired) electrons. The molecule has 2 aromatic rings. The molecule has 1 aromatic carbocycles. The molecule has 0 saturated carbocycles. The second kappa shape index (κ2) is 7.09. The Kier molecular flexibility index (Phi) is 5.45. The third-order valence-corrected chi connectivity index (χ3v) is 4.40. The second-order valence-corrected chi connectivity index (χ2v) is 6.07. The Morgan fingerprint density at radius 3 is 3.00 bits per heavy atom. The monoisotopic (exact) mass is 340 g/mol. The van der Waals surface area contributed by atoms with Crippen molar-refractivity contribution in [2.45, 2.75) is 24.4 Å². The molecule has 1 atom stereocenters. The number of hydrogen-bond donors (Lipinski definition) is 2. The van der Waals surface area contributed by atoms with Gasteiger partial charge in [0.25, 0.3) is 0 Å². The van der Waals surface area contributed by atoms with Crippen LogP contribution < -0.4 is 11.3 Å². The highest BCUT2D eigenvalue weighted by atomic mass is 79.9. The Hall–Kier alpha value is -0.820. The molecular weight excluding hydrogens is 324 g/mol. The summed E-state index contributed by atoms with van der Waals surface area (Å²) in [5.74, 6) is 6.53. The molecule has 1 aromatic heterocycles. The van der Waals surface area contributed by atoms with Gasteiger partial charge in [0.05, 0.1) is 11.7 Å². The fourth-order valence-corrected chi connectivity index (χ4v) is 3.42. The van der Waals surface area contributed by atoms with E-state index in [4.69, 9.17) is 5.84 Å². The lowest BCUT2D eigenvalue weighted by molar-refractivity contribution is 0.528. The fourth-order valence-electron chi connectivity index (χ4n) is 1.86. The Labute approximate surface area is 125 Å². The van der Waals surface area contributed by atoms with Crippen molar-refractivity contribution in [3.63, 3.8) is 0 Å². The summed E-state index contributed by atoms with van der Waals surface area (Å²) >= 11 is 5.25. The molecule has 0 saturated heterocycles. The van der Waals surface area contributed by atoms with Gasteiger partial charge < -0.3 is 0 Å². The van der Waals surface area contributed by atoms with E-state index in [1.165, 1.54) is 4.90 Å². The molecule has 0 fully saturated rings. The first kappa shape index (κ1) is 14.6. The van der Waals surface area contributed by atoms with Crippen LogP contribution in [0.4, 0.5) is 0 Å². The van der Waals surface area contributed by atoms with Gasteiger partial charge in [-0.05, 0) is 31.2 Å². The summed E-state index contributed by atoms with van der Waals surface area (Å²) in [7, 11) is 0. The Bertz CT molecular complexity index is 529. The average Bonchev–Trinajstić information content (AvgIpc) is 2.88. The molecule has 0 spiro atoms. The number of hydrazine groups is 1. The van der Waals surface area contributed by atoms with Crippen molar-refractivity contribution in [2.75, 3.05) is 5.75 Å². The fraction of sp³-hybridized carbons (Fsp3) is 0.308. The van der Waals surface area contributed by atoms with E-state index in [1.807, 2.05) is 29.1 Å². The van der Waals surface area contributed by atoms with Gasteiger partial charge in [-0.3, -0.25) is 16.0 Å². The van der Waals surface area contributed by atoms with Gasteiger partial charge in [0.15, 0.2) is 0 Å². The van der Waals surface area contributed by atoms with E-state index in [0.717, 1.165) is 22.5 Å². The van der Waals surface area contributed by atoms with Crippen LogP contribution in [0, 0.1) is 0 Å². The summed E-state index contributed by atoms with van der Waals surface area (Å²) in [5, 5.41) is 4.28. The van der Waals surface area contributed by atoms with E-state index in [-0.39, 0.29) is 6.04 Å². The molecule has 4 nitrogen and oxygen atoms in total. The largest absolute Gasteiger partial charge is 0.271 e. The van der Waals surface area contributed by atoms with Gasteiger partial charge in [-0.1, -0.05) is 22.0 Å². The van der Waals surface area contributed by atoms with Crippen molar-refractivity contribution in [1.82, 2.24) is 15.2 Å². The average molecular weight is 341 g/mol. The van der Waals surface area contributed by atoms with Crippen LogP contribution in [0.3, 0.4) is 0 Å². The number of aromatic nitrogens is 2. The minimum absolute atomic E-state index is 0.0893. The van der Waals surface area contributed by atoms with Gasteiger partial charge in [-0.15, -0.1) is 11.8 Å². The van der Waals surface area contributed by atoms with Crippen LogP contribution >= 0.6 is 27.7 Å². The van der Waals surface area contributed by atoms with Gasteiger partial charge >= 0.3 is 0 Å². The summed E-state index contributed by atoms with van der Waals surface area (Å²) in [6.07, 6.45) is 1.81. The summed E-state index contributed by atoms with van der Waals surface area (Å²) in [6, 6.07) is 10.4. The lowest BCUT2D eigenvalue weighted by atomic mass is 10.2. The highest BCUT2D eigenvalue weighted by Gasteiger charge is 2.14. The van der Waals surface area contributed by atoms with Crippen LogP contribution in [-0.2, 0) is 6.54 Å². The zero-order chi connectivity index (χ0) is 13.7. The lowest BCUT2D eigenvalue weighted by Crippen LogP contribution is -2.31. The maximum Gasteiger partial charge on any atom is 0.0722 e. The van der Waals surface area contributed by atoms with E-state index in [9.17, 15) is 0 Å². The molecule has 2 rings (SSSR count). The summed E-state index contributed by atoms with van der Waals surface area (Å²) in [4.78, 5) is 1.22. The number of nitrogens with zero attached hydrogens (tertiary/aromatic N) is 2. The van der Waals surface area contributed by atoms with Crippen molar-refractivity contribution < 1.29 is 0 Å². The molecule has 0 bridgehead atoms. The number of rotatable bonds is 6. The number of benzene rings is 1. The molecule has 0 aliphatic heterocycles. The van der Waals surface area contributed by atoms with Crippen LogP contribution in [0.15, 0.2) is 45.9 Å². The number of aryl methyl sites for hydroxylation is 1. The maximum absolute atomic E-state index is 5.67. The van der Waals surface area contributed by atoms with E-state index in [2.05, 4.69) is 45.5 Å². The van der Waals surface area contributed by atoms with Crippen LogP contribution in [-0.4, -0.2) is 15.5 Å². The summed E-state index contributed by atoms with van der Waals surface area (Å²) in [6.45, 7) is 2.92. The van der Waals surface area contributed by atoms with E-state index in [1.54, 1.807) is 11.8 Å². The normalized spacial score (nSPS) is 12.6. The first-order chi connectivity index (χ1) is 9.24. The zero-order valence-electron chi connectivity index (χ0n) is 10.7. The molecule has 1 unspecified atom stereocenters. The lowest BCUT2D eigenvalue weighted by Gasteiger charge is -2.16.